The lowest BCUT2D eigenvalue weighted by Gasteiger charge is -2.05. The van der Waals surface area contributed by atoms with Gasteiger partial charge in [0.05, 0.1) is 4.90 Å². The average molecular weight is 443 g/mol. The number of anilines is 4. The summed E-state index contributed by atoms with van der Waals surface area (Å²) in [5.74, 6) is -1.23. The van der Waals surface area contributed by atoms with Crippen LogP contribution in [0, 0.1) is 0 Å². The third kappa shape index (κ3) is 5.65. The van der Waals surface area contributed by atoms with Gasteiger partial charge in [0.1, 0.15) is 0 Å². The number of sulfonamides is 1. The highest BCUT2D eigenvalue weighted by Gasteiger charge is 2.15. The van der Waals surface area contributed by atoms with Gasteiger partial charge >= 0.3 is 12.0 Å². The Morgan fingerprint density at radius 3 is 2.23 bits per heavy atom. The second-order valence-electron chi connectivity index (χ2n) is 6.12. The molecule has 1 amide bonds. The number of carbonyl (C=O) groups excluding carboxylic acids is 1. The Kier molecular flexibility index (Phi) is 5.99. The minimum atomic E-state index is -3.81. The molecule has 1 aromatic heterocycles. The molecule has 0 unspecified atom stereocenters. The molecule has 3 rings (SSSR count). The molecule has 160 valence electrons. The summed E-state index contributed by atoms with van der Waals surface area (Å²) in [5.41, 5.74) is 7.27. The predicted octanol–water partition coefficient (Wildman–Crippen LogP) is 1.43. The first-order valence-corrected chi connectivity index (χ1v) is 10.1. The van der Waals surface area contributed by atoms with Crippen LogP contribution in [-0.4, -0.2) is 40.3 Å². The first-order chi connectivity index (χ1) is 14.6. The predicted molar refractivity (Wildman–Crippen MR) is 113 cm³/mol. The van der Waals surface area contributed by atoms with Crippen molar-refractivity contribution >= 4 is 51.4 Å². The number of benzene rings is 2. The first-order valence-electron chi connectivity index (χ1n) is 8.57. The quantitative estimate of drug-likeness (QED) is 0.350. The number of hydrogen-bond acceptors (Lipinski definition) is 8. The number of aliphatic carboxylic acids is 1. The van der Waals surface area contributed by atoms with Crippen molar-refractivity contribution in [2.45, 2.75) is 4.90 Å². The van der Waals surface area contributed by atoms with Crippen LogP contribution < -0.4 is 21.5 Å². The minimum Gasteiger partial charge on any atom is -0.478 e. The molecule has 0 fully saturated rings. The highest BCUT2D eigenvalue weighted by molar-refractivity contribution is 7.89. The Balaban J connectivity index is 1.68. The van der Waals surface area contributed by atoms with E-state index in [1.54, 1.807) is 24.3 Å². The topological polar surface area (TPSA) is 195 Å². The third-order valence-corrected chi connectivity index (χ3v) is 4.77. The highest BCUT2D eigenvalue weighted by atomic mass is 32.2. The molecule has 3 aromatic rings. The molecule has 0 aliphatic carbocycles. The number of primary sulfonamides is 1. The van der Waals surface area contributed by atoms with E-state index in [-0.39, 0.29) is 16.8 Å². The molecular formula is C18H17N7O5S. The summed E-state index contributed by atoms with van der Waals surface area (Å²) in [5, 5.41) is 23.0. The number of rotatable bonds is 6. The molecule has 0 radical (unpaired) electrons. The fraction of sp³-hybridized carbons (Fsp3) is 0. The summed E-state index contributed by atoms with van der Waals surface area (Å²) >= 11 is 0. The fourth-order valence-electron chi connectivity index (χ4n) is 2.41. The average Bonchev–Trinajstić information content (AvgIpc) is 3.07. The van der Waals surface area contributed by atoms with E-state index in [9.17, 15) is 18.0 Å². The van der Waals surface area contributed by atoms with Crippen LogP contribution in [0.15, 0.2) is 59.5 Å². The van der Waals surface area contributed by atoms with Crippen LogP contribution in [0.1, 0.15) is 5.56 Å². The maximum atomic E-state index is 12.4. The molecular weight excluding hydrogens is 426 g/mol. The van der Waals surface area contributed by atoms with Crippen LogP contribution >= 0.6 is 0 Å². The van der Waals surface area contributed by atoms with Gasteiger partial charge in [0.2, 0.25) is 21.9 Å². The van der Waals surface area contributed by atoms with Gasteiger partial charge in [-0.25, -0.2) is 23.1 Å². The molecule has 1 heterocycles. The van der Waals surface area contributed by atoms with Gasteiger partial charge in [0, 0.05) is 17.5 Å². The van der Waals surface area contributed by atoms with Crippen molar-refractivity contribution < 1.29 is 23.1 Å². The van der Waals surface area contributed by atoms with E-state index in [1.807, 2.05) is 0 Å². The maximum absolute atomic E-state index is 12.4. The Labute approximate surface area is 176 Å². The van der Waals surface area contributed by atoms with Crippen LogP contribution in [0.2, 0.25) is 0 Å². The van der Waals surface area contributed by atoms with Gasteiger partial charge in [0.25, 0.3) is 0 Å². The van der Waals surface area contributed by atoms with Crippen LogP contribution in [-0.2, 0) is 14.8 Å². The Hall–Kier alpha value is -4.23. The van der Waals surface area contributed by atoms with Crippen molar-refractivity contribution in [2.75, 3.05) is 16.4 Å². The van der Waals surface area contributed by atoms with Crippen LogP contribution in [0.5, 0.6) is 0 Å². The van der Waals surface area contributed by atoms with Crippen molar-refractivity contribution in [3.63, 3.8) is 0 Å². The SMILES string of the molecule is Nc1nc(Nc2ccc(S(N)(=O)=O)cc2)nn1C(=O)Nc1ccc(/C=C/C(=O)O)cc1. The largest absolute Gasteiger partial charge is 0.478 e. The fourth-order valence-corrected chi connectivity index (χ4v) is 2.92. The van der Waals surface area contributed by atoms with Crippen LogP contribution in [0.4, 0.5) is 28.1 Å². The number of nitrogens with zero attached hydrogens (tertiary/aromatic N) is 3. The Morgan fingerprint density at radius 1 is 1.03 bits per heavy atom. The zero-order chi connectivity index (χ0) is 22.6. The van der Waals surface area contributed by atoms with E-state index >= 15 is 0 Å². The summed E-state index contributed by atoms with van der Waals surface area (Å²) in [6.45, 7) is 0. The molecule has 0 saturated carbocycles. The lowest BCUT2D eigenvalue weighted by molar-refractivity contribution is -0.131. The summed E-state index contributed by atoms with van der Waals surface area (Å²) in [6, 6.07) is 11.3. The maximum Gasteiger partial charge on any atom is 0.349 e. The van der Waals surface area contributed by atoms with Crippen molar-refractivity contribution in [3.8, 4) is 0 Å². The number of nitrogen functional groups attached to an aromatic ring is 1. The summed E-state index contributed by atoms with van der Waals surface area (Å²) in [6.07, 6.45) is 2.41. The zero-order valence-electron chi connectivity index (χ0n) is 15.8. The molecule has 13 heteroatoms. The lowest BCUT2D eigenvalue weighted by atomic mass is 10.2. The summed E-state index contributed by atoms with van der Waals surface area (Å²) < 4.78 is 23.4. The van der Waals surface area contributed by atoms with Gasteiger partial charge in [0.15, 0.2) is 0 Å². The van der Waals surface area contributed by atoms with Gasteiger partial charge in [-0.2, -0.15) is 4.98 Å². The molecule has 31 heavy (non-hydrogen) atoms. The number of amides is 1. The molecule has 0 spiro atoms. The van der Waals surface area contributed by atoms with E-state index in [4.69, 9.17) is 16.0 Å². The van der Waals surface area contributed by atoms with Gasteiger partial charge in [-0.05, 0) is 48.0 Å². The van der Waals surface area contributed by atoms with Gasteiger partial charge in [-0.15, -0.1) is 9.78 Å². The standard InChI is InChI=1S/C18H17N7O5S/c19-16-23-17(21-12-6-8-14(9-7-12)31(20,29)30)24-25(16)18(28)22-13-4-1-11(2-5-13)3-10-15(26)27/h1-10H,(H,22,28)(H,26,27)(H2,20,29,30)(H3,19,21,23,24)/b10-3+. The number of nitrogens with one attached hydrogen (secondary N) is 2. The number of carboxylic acids is 1. The third-order valence-electron chi connectivity index (χ3n) is 3.84. The molecule has 0 aliphatic heterocycles. The smallest absolute Gasteiger partial charge is 0.349 e. The Bertz CT molecular complexity index is 1250. The molecule has 7 N–H and O–H groups in total. The zero-order valence-corrected chi connectivity index (χ0v) is 16.6. The van der Waals surface area contributed by atoms with Gasteiger partial charge in [-0.3, -0.25) is 0 Å². The molecule has 0 saturated heterocycles. The first kappa shape index (κ1) is 21.5. The molecule has 12 nitrogen and oxygen atoms in total. The highest BCUT2D eigenvalue weighted by Crippen LogP contribution is 2.18. The van der Waals surface area contributed by atoms with Crippen LogP contribution in [0.3, 0.4) is 0 Å². The number of nitrogens with two attached hydrogens (primary N) is 2. The molecule has 0 aliphatic rings. The van der Waals surface area contributed by atoms with E-state index < -0.39 is 22.0 Å². The van der Waals surface area contributed by atoms with Crippen LogP contribution in [0.25, 0.3) is 6.08 Å². The number of carbonyl (C=O) groups is 2. The molecule has 0 atom stereocenters. The van der Waals surface area contributed by atoms with E-state index in [1.165, 1.54) is 30.3 Å². The second-order valence-corrected chi connectivity index (χ2v) is 7.68. The summed E-state index contributed by atoms with van der Waals surface area (Å²) in [7, 11) is -3.81. The van der Waals surface area contributed by atoms with Crippen molar-refractivity contribution in [1.29, 1.82) is 0 Å². The number of hydrogen-bond donors (Lipinski definition) is 5. The van der Waals surface area contributed by atoms with Gasteiger partial charge in [-0.1, -0.05) is 12.1 Å². The van der Waals surface area contributed by atoms with E-state index in [0.717, 1.165) is 10.8 Å². The minimum absolute atomic E-state index is 0.0187. The summed E-state index contributed by atoms with van der Waals surface area (Å²) in [4.78, 5) is 26.9. The molecule has 0 bridgehead atoms. The van der Waals surface area contributed by atoms with Gasteiger partial charge < -0.3 is 21.5 Å². The number of carboxylic acid groups (broad SMARTS) is 1. The van der Waals surface area contributed by atoms with E-state index in [0.29, 0.717) is 16.9 Å². The molecule has 2 aromatic carbocycles. The van der Waals surface area contributed by atoms with Crippen molar-refractivity contribution in [2.24, 2.45) is 5.14 Å². The van der Waals surface area contributed by atoms with Crippen molar-refractivity contribution in [3.05, 3.63) is 60.2 Å². The monoisotopic (exact) mass is 443 g/mol. The van der Waals surface area contributed by atoms with Crippen molar-refractivity contribution in [1.82, 2.24) is 14.8 Å². The second kappa shape index (κ2) is 8.64. The lowest BCUT2D eigenvalue weighted by Crippen LogP contribution is -2.22. The normalized spacial score (nSPS) is 11.4. The Morgan fingerprint density at radius 2 is 1.65 bits per heavy atom. The van der Waals surface area contributed by atoms with E-state index in [2.05, 4.69) is 20.7 Å². The number of aromatic nitrogens is 3.